The van der Waals surface area contributed by atoms with Crippen LogP contribution in [0.2, 0.25) is 0 Å². The molecule has 0 aliphatic carbocycles. The summed E-state index contributed by atoms with van der Waals surface area (Å²) >= 11 is 1.95. The second-order valence-electron chi connectivity index (χ2n) is 6.08. The fourth-order valence-electron chi connectivity index (χ4n) is 2.17. The van der Waals surface area contributed by atoms with Gasteiger partial charge in [0.2, 0.25) is 0 Å². The highest BCUT2D eigenvalue weighted by molar-refractivity contribution is 7.99. The number of ether oxygens (including phenoxy) is 1. The van der Waals surface area contributed by atoms with Gasteiger partial charge in [0.05, 0.1) is 13.2 Å². The molecule has 0 atom stereocenters. The zero-order chi connectivity index (χ0) is 13.7. The molecule has 0 spiro atoms. The third-order valence-corrected chi connectivity index (χ3v) is 4.49. The first kappa shape index (κ1) is 14.9. The average Bonchev–Trinajstić information content (AvgIpc) is 2.39. The van der Waals surface area contributed by atoms with Gasteiger partial charge in [-0.3, -0.25) is 4.90 Å². The van der Waals surface area contributed by atoms with Crippen LogP contribution in [0.3, 0.4) is 0 Å². The number of thioether (sulfide) groups is 1. The van der Waals surface area contributed by atoms with Crippen molar-refractivity contribution in [3.8, 4) is 0 Å². The zero-order valence-corrected chi connectivity index (χ0v) is 13.1. The second-order valence-corrected chi connectivity index (χ2v) is 7.25. The minimum absolute atomic E-state index is 0.247. The van der Waals surface area contributed by atoms with Crippen molar-refractivity contribution >= 4 is 11.8 Å². The van der Waals surface area contributed by atoms with E-state index in [2.05, 4.69) is 49.9 Å². The van der Waals surface area contributed by atoms with Gasteiger partial charge in [0.15, 0.2) is 0 Å². The molecule has 0 bridgehead atoms. The quantitative estimate of drug-likeness (QED) is 0.784. The molecule has 1 aliphatic heterocycles. The van der Waals surface area contributed by atoms with Crippen molar-refractivity contribution in [2.45, 2.75) is 31.1 Å². The Kier molecular flexibility index (Phi) is 5.31. The number of rotatable bonds is 4. The first-order chi connectivity index (χ1) is 9.05. The van der Waals surface area contributed by atoms with E-state index in [0.717, 1.165) is 38.6 Å². The fourth-order valence-corrected chi connectivity index (χ4v) is 3.08. The van der Waals surface area contributed by atoms with Crippen LogP contribution in [-0.4, -0.2) is 43.5 Å². The molecule has 2 nitrogen and oxygen atoms in total. The Morgan fingerprint density at radius 1 is 1.11 bits per heavy atom. The first-order valence-corrected chi connectivity index (χ1v) is 8.08. The summed E-state index contributed by atoms with van der Waals surface area (Å²) in [6.07, 6.45) is 0. The normalized spacial score (nSPS) is 17.6. The Hall–Kier alpha value is -0.510. The van der Waals surface area contributed by atoms with Gasteiger partial charge in [-0.2, -0.15) is 0 Å². The van der Waals surface area contributed by atoms with Gasteiger partial charge in [-0.25, -0.2) is 0 Å². The van der Waals surface area contributed by atoms with E-state index in [4.69, 9.17) is 4.74 Å². The lowest BCUT2D eigenvalue weighted by molar-refractivity contribution is 0.0410. The minimum Gasteiger partial charge on any atom is -0.379 e. The van der Waals surface area contributed by atoms with Gasteiger partial charge >= 0.3 is 0 Å². The molecule has 0 aromatic heterocycles. The Balaban J connectivity index is 1.76. The number of morpholine rings is 1. The number of nitrogens with zero attached hydrogens (tertiary/aromatic N) is 1. The van der Waals surface area contributed by atoms with E-state index >= 15 is 0 Å². The van der Waals surface area contributed by atoms with E-state index in [1.807, 2.05) is 11.8 Å². The molecule has 0 amide bonds. The molecule has 0 N–H and O–H groups in total. The predicted octanol–water partition coefficient (Wildman–Crippen LogP) is 3.41. The van der Waals surface area contributed by atoms with Crippen LogP contribution in [-0.2, 0) is 10.2 Å². The SMILES string of the molecule is CC(C)(C)c1ccc(SCCN2CCOCC2)cc1. The molecule has 1 heterocycles. The fraction of sp³-hybridized carbons (Fsp3) is 0.625. The Morgan fingerprint density at radius 2 is 1.74 bits per heavy atom. The van der Waals surface area contributed by atoms with E-state index in [9.17, 15) is 0 Å². The molecule has 1 fully saturated rings. The monoisotopic (exact) mass is 279 g/mol. The number of hydrogen-bond donors (Lipinski definition) is 0. The van der Waals surface area contributed by atoms with Crippen LogP contribution >= 0.6 is 11.8 Å². The van der Waals surface area contributed by atoms with Crippen LogP contribution in [0.1, 0.15) is 26.3 Å². The smallest absolute Gasteiger partial charge is 0.0594 e. The summed E-state index contributed by atoms with van der Waals surface area (Å²) in [5.74, 6) is 1.16. The topological polar surface area (TPSA) is 12.5 Å². The van der Waals surface area contributed by atoms with Gasteiger partial charge in [0, 0.05) is 30.3 Å². The zero-order valence-electron chi connectivity index (χ0n) is 12.3. The third kappa shape index (κ3) is 4.83. The molecular formula is C16H25NOS. The van der Waals surface area contributed by atoms with Gasteiger partial charge in [-0.1, -0.05) is 32.9 Å². The van der Waals surface area contributed by atoms with Crippen LogP contribution in [0.5, 0.6) is 0 Å². The number of hydrogen-bond acceptors (Lipinski definition) is 3. The highest BCUT2D eigenvalue weighted by Gasteiger charge is 2.13. The third-order valence-electron chi connectivity index (χ3n) is 3.50. The maximum absolute atomic E-state index is 5.36. The van der Waals surface area contributed by atoms with Crippen molar-refractivity contribution in [3.63, 3.8) is 0 Å². The van der Waals surface area contributed by atoms with Crippen molar-refractivity contribution in [2.24, 2.45) is 0 Å². The van der Waals surface area contributed by atoms with Crippen molar-refractivity contribution in [2.75, 3.05) is 38.6 Å². The van der Waals surface area contributed by atoms with E-state index in [1.165, 1.54) is 10.5 Å². The minimum atomic E-state index is 0.247. The molecule has 1 saturated heterocycles. The van der Waals surface area contributed by atoms with Crippen molar-refractivity contribution in [1.82, 2.24) is 4.90 Å². The van der Waals surface area contributed by atoms with Crippen LogP contribution in [0.4, 0.5) is 0 Å². The van der Waals surface area contributed by atoms with Crippen LogP contribution in [0, 0.1) is 0 Å². The van der Waals surface area contributed by atoms with Crippen molar-refractivity contribution < 1.29 is 4.74 Å². The second kappa shape index (κ2) is 6.78. The number of benzene rings is 1. The van der Waals surface area contributed by atoms with Crippen LogP contribution < -0.4 is 0 Å². The molecule has 19 heavy (non-hydrogen) atoms. The average molecular weight is 279 g/mol. The first-order valence-electron chi connectivity index (χ1n) is 7.09. The molecule has 2 rings (SSSR count). The summed E-state index contributed by atoms with van der Waals surface area (Å²) in [7, 11) is 0. The maximum Gasteiger partial charge on any atom is 0.0594 e. The van der Waals surface area contributed by atoms with Gasteiger partial charge in [-0.05, 0) is 23.1 Å². The molecule has 106 valence electrons. The summed E-state index contributed by atoms with van der Waals surface area (Å²) in [5, 5.41) is 0. The van der Waals surface area contributed by atoms with Gasteiger partial charge < -0.3 is 4.74 Å². The lowest BCUT2D eigenvalue weighted by Gasteiger charge is -2.26. The lowest BCUT2D eigenvalue weighted by atomic mass is 9.87. The lowest BCUT2D eigenvalue weighted by Crippen LogP contribution is -2.37. The standard InChI is InChI=1S/C16H25NOS/c1-16(2,3)14-4-6-15(7-5-14)19-13-10-17-8-11-18-12-9-17/h4-7H,8-13H2,1-3H3. The Labute approximate surface area is 121 Å². The highest BCUT2D eigenvalue weighted by atomic mass is 32.2. The van der Waals surface area contributed by atoms with E-state index < -0.39 is 0 Å². The summed E-state index contributed by atoms with van der Waals surface area (Å²) in [6, 6.07) is 9.03. The summed E-state index contributed by atoms with van der Waals surface area (Å²) in [4.78, 5) is 3.86. The molecular weight excluding hydrogens is 254 g/mol. The van der Waals surface area contributed by atoms with Crippen LogP contribution in [0.25, 0.3) is 0 Å². The van der Waals surface area contributed by atoms with E-state index in [1.54, 1.807) is 0 Å². The van der Waals surface area contributed by atoms with E-state index in [-0.39, 0.29) is 5.41 Å². The molecule has 1 aliphatic rings. The molecule has 0 saturated carbocycles. The van der Waals surface area contributed by atoms with Crippen molar-refractivity contribution in [3.05, 3.63) is 29.8 Å². The van der Waals surface area contributed by atoms with Gasteiger partial charge in [-0.15, -0.1) is 11.8 Å². The summed E-state index contributed by atoms with van der Waals surface area (Å²) in [5.41, 5.74) is 1.65. The summed E-state index contributed by atoms with van der Waals surface area (Å²) in [6.45, 7) is 11.9. The Bertz CT molecular complexity index is 377. The molecule has 0 unspecified atom stereocenters. The molecule has 0 radical (unpaired) electrons. The molecule has 1 aromatic carbocycles. The predicted molar refractivity (Wildman–Crippen MR) is 83.1 cm³/mol. The van der Waals surface area contributed by atoms with Crippen LogP contribution in [0.15, 0.2) is 29.2 Å². The Morgan fingerprint density at radius 3 is 2.32 bits per heavy atom. The maximum atomic E-state index is 5.36. The van der Waals surface area contributed by atoms with E-state index in [0.29, 0.717) is 0 Å². The molecule has 1 aromatic rings. The van der Waals surface area contributed by atoms with Crippen molar-refractivity contribution in [1.29, 1.82) is 0 Å². The largest absolute Gasteiger partial charge is 0.379 e. The van der Waals surface area contributed by atoms with Gasteiger partial charge in [0.25, 0.3) is 0 Å². The molecule has 3 heteroatoms. The highest BCUT2D eigenvalue weighted by Crippen LogP contribution is 2.25. The van der Waals surface area contributed by atoms with Gasteiger partial charge in [0.1, 0.15) is 0 Å². The summed E-state index contributed by atoms with van der Waals surface area (Å²) < 4.78 is 5.36.